The first kappa shape index (κ1) is 19.3. The number of carbonyl (C=O) groups excluding carboxylic acids is 2. The van der Waals surface area contributed by atoms with Crippen molar-refractivity contribution >= 4 is 23.5 Å². The van der Waals surface area contributed by atoms with Crippen LogP contribution in [0.1, 0.15) is 45.6 Å². The first-order valence-electron chi connectivity index (χ1n) is 8.90. The lowest BCUT2D eigenvalue weighted by Crippen LogP contribution is -2.58. The number of hydrogen-bond donors (Lipinski definition) is 3. The highest BCUT2D eigenvalue weighted by Gasteiger charge is 2.54. The number of hydrogen-bond acceptors (Lipinski definition) is 5. The summed E-state index contributed by atoms with van der Waals surface area (Å²) in [6.07, 6.45) is 1.59. The van der Waals surface area contributed by atoms with Crippen molar-refractivity contribution in [3.8, 4) is 0 Å². The predicted molar refractivity (Wildman–Crippen MR) is 99.4 cm³/mol. The van der Waals surface area contributed by atoms with Crippen molar-refractivity contribution in [2.45, 2.75) is 51.2 Å². The number of aliphatic hydroxyl groups is 1. The van der Waals surface area contributed by atoms with E-state index in [2.05, 4.69) is 10.3 Å². The molecule has 2 aliphatic rings. The lowest BCUT2D eigenvalue weighted by molar-refractivity contribution is -0.142. The fraction of sp³-hybridized carbons (Fsp3) is 0.526. The van der Waals surface area contributed by atoms with Crippen LogP contribution >= 0.6 is 0 Å². The first-order valence-corrected chi connectivity index (χ1v) is 8.90. The Balaban J connectivity index is 2.03. The molecule has 1 saturated carbocycles. The number of rotatable bonds is 3. The molecule has 146 valence electrons. The van der Waals surface area contributed by atoms with Gasteiger partial charge in [-0.15, -0.1) is 0 Å². The number of amides is 2. The highest BCUT2D eigenvalue weighted by molar-refractivity contribution is 6.02. The molecule has 1 heterocycles. The van der Waals surface area contributed by atoms with Crippen LogP contribution in [0.15, 0.2) is 23.2 Å². The van der Waals surface area contributed by atoms with E-state index in [0.29, 0.717) is 18.5 Å². The third kappa shape index (κ3) is 2.79. The van der Waals surface area contributed by atoms with Gasteiger partial charge >= 0.3 is 0 Å². The molecule has 1 aliphatic carbocycles. The van der Waals surface area contributed by atoms with E-state index in [0.717, 1.165) is 6.42 Å². The number of nitrogens with two attached hydrogens (primary N) is 1. The second-order valence-corrected chi connectivity index (χ2v) is 8.07. The van der Waals surface area contributed by atoms with Gasteiger partial charge in [0, 0.05) is 18.3 Å². The SMILES string of the molecule is CN1C(=O)C(C)(C)C(C)(c2cc(NC(=O)C3(O)CCC3)ccc2F)N=C1N. The molecule has 0 spiro atoms. The number of aliphatic imine (C=N–C) groups is 1. The molecule has 4 N–H and O–H groups in total. The quantitative estimate of drug-likeness (QED) is 0.746. The average molecular weight is 376 g/mol. The molecule has 27 heavy (non-hydrogen) atoms. The Morgan fingerprint density at radius 3 is 2.52 bits per heavy atom. The number of nitrogens with one attached hydrogen (secondary N) is 1. The van der Waals surface area contributed by atoms with E-state index >= 15 is 0 Å². The Kier molecular flexibility index (Phi) is 4.30. The largest absolute Gasteiger partial charge is 0.380 e. The fourth-order valence-electron chi connectivity index (χ4n) is 3.53. The molecular formula is C19H25FN4O3. The van der Waals surface area contributed by atoms with Crippen molar-refractivity contribution in [1.82, 2.24) is 4.90 Å². The van der Waals surface area contributed by atoms with Gasteiger partial charge in [-0.1, -0.05) is 0 Å². The molecular weight excluding hydrogens is 351 g/mol. The Bertz CT molecular complexity index is 847. The summed E-state index contributed by atoms with van der Waals surface area (Å²) in [6, 6.07) is 4.08. The number of anilines is 1. The summed E-state index contributed by atoms with van der Waals surface area (Å²) >= 11 is 0. The van der Waals surface area contributed by atoms with Crippen molar-refractivity contribution in [3.63, 3.8) is 0 Å². The number of halogens is 1. The van der Waals surface area contributed by atoms with Gasteiger partial charge in [0.25, 0.3) is 5.91 Å². The van der Waals surface area contributed by atoms with Gasteiger partial charge in [0.15, 0.2) is 5.96 Å². The first-order chi connectivity index (χ1) is 12.4. The van der Waals surface area contributed by atoms with Crippen LogP contribution in [0.4, 0.5) is 10.1 Å². The minimum atomic E-state index is -1.37. The van der Waals surface area contributed by atoms with Gasteiger partial charge < -0.3 is 16.2 Å². The zero-order valence-electron chi connectivity index (χ0n) is 16.0. The molecule has 3 rings (SSSR count). The van der Waals surface area contributed by atoms with Crippen LogP contribution in [-0.4, -0.2) is 40.4 Å². The molecule has 1 unspecified atom stereocenters. The molecule has 1 aliphatic heterocycles. The summed E-state index contributed by atoms with van der Waals surface area (Å²) in [7, 11) is 1.52. The van der Waals surface area contributed by atoms with Crippen LogP contribution in [-0.2, 0) is 15.1 Å². The van der Waals surface area contributed by atoms with Gasteiger partial charge in [0.05, 0.1) is 5.41 Å². The zero-order chi connectivity index (χ0) is 20.2. The molecule has 0 saturated heterocycles. The maximum absolute atomic E-state index is 14.7. The molecule has 2 amide bonds. The zero-order valence-corrected chi connectivity index (χ0v) is 16.0. The normalized spacial score (nSPS) is 26.2. The van der Waals surface area contributed by atoms with E-state index in [-0.39, 0.29) is 17.4 Å². The number of carbonyl (C=O) groups is 2. The van der Waals surface area contributed by atoms with Crippen molar-refractivity contribution in [3.05, 3.63) is 29.6 Å². The van der Waals surface area contributed by atoms with Crippen LogP contribution < -0.4 is 11.1 Å². The van der Waals surface area contributed by atoms with Gasteiger partial charge in [-0.2, -0.15) is 0 Å². The molecule has 0 aromatic heterocycles. The minimum absolute atomic E-state index is 0.000516. The van der Waals surface area contributed by atoms with Crippen LogP contribution in [0, 0.1) is 11.2 Å². The summed E-state index contributed by atoms with van der Waals surface area (Å²) in [4.78, 5) is 30.7. The Morgan fingerprint density at radius 1 is 1.33 bits per heavy atom. The third-order valence-corrected chi connectivity index (χ3v) is 6.09. The molecule has 8 heteroatoms. The van der Waals surface area contributed by atoms with Gasteiger partial charge in [0.1, 0.15) is 17.0 Å². The van der Waals surface area contributed by atoms with E-state index in [1.807, 2.05) is 0 Å². The van der Waals surface area contributed by atoms with Gasteiger partial charge in [-0.3, -0.25) is 14.5 Å². The van der Waals surface area contributed by atoms with E-state index in [9.17, 15) is 19.1 Å². The Labute approximate surface area is 157 Å². The molecule has 1 atom stereocenters. The van der Waals surface area contributed by atoms with E-state index < -0.39 is 28.3 Å². The van der Waals surface area contributed by atoms with Crippen molar-refractivity contribution in [2.75, 3.05) is 12.4 Å². The molecule has 0 bridgehead atoms. The molecule has 1 aromatic carbocycles. The van der Waals surface area contributed by atoms with E-state index in [4.69, 9.17) is 5.73 Å². The van der Waals surface area contributed by atoms with Gasteiger partial charge in [0.2, 0.25) is 5.91 Å². The van der Waals surface area contributed by atoms with Crippen LogP contribution in [0.25, 0.3) is 0 Å². The van der Waals surface area contributed by atoms with Crippen LogP contribution in [0.2, 0.25) is 0 Å². The number of nitrogens with zero attached hydrogens (tertiary/aromatic N) is 2. The monoisotopic (exact) mass is 376 g/mol. The summed E-state index contributed by atoms with van der Waals surface area (Å²) in [5.41, 5.74) is 2.65. The van der Waals surface area contributed by atoms with Crippen molar-refractivity contribution < 1.29 is 19.1 Å². The van der Waals surface area contributed by atoms with Crippen molar-refractivity contribution in [1.29, 1.82) is 0 Å². The van der Waals surface area contributed by atoms with Crippen molar-refractivity contribution in [2.24, 2.45) is 16.1 Å². The number of guanidine groups is 1. The summed E-state index contributed by atoms with van der Waals surface area (Å²) in [5.74, 6) is -1.35. The van der Waals surface area contributed by atoms with Gasteiger partial charge in [-0.25, -0.2) is 9.38 Å². The lowest BCUT2D eigenvalue weighted by atomic mass is 9.67. The fourth-order valence-corrected chi connectivity index (χ4v) is 3.53. The minimum Gasteiger partial charge on any atom is -0.380 e. The molecule has 7 nitrogen and oxygen atoms in total. The second-order valence-electron chi connectivity index (χ2n) is 8.07. The number of benzene rings is 1. The molecule has 0 radical (unpaired) electrons. The topological polar surface area (TPSA) is 108 Å². The summed E-state index contributed by atoms with van der Waals surface area (Å²) in [5, 5.41) is 12.8. The van der Waals surface area contributed by atoms with E-state index in [1.54, 1.807) is 20.8 Å². The standard InChI is InChI=1S/C19H25FN4O3/c1-17(2)15(26)24(4)16(21)23-18(17,3)12-10-11(6-7-13(12)20)22-14(25)19(27)8-5-9-19/h6-7,10,27H,5,8-9H2,1-4H3,(H2,21,23)(H,22,25). The van der Waals surface area contributed by atoms with Crippen LogP contribution in [0.5, 0.6) is 0 Å². The Hall–Kier alpha value is -2.48. The van der Waals surface area contributed by atoms with Gasteiger partial charge in [-0.05, 0) is 58.2 Å². The second kappa shape index (κ2) is 6.02. The molecule has 1 fully saturated rings. The highest BCUT2D eigenvalue weighted by Crippen LogP contribution is 2.47. The Morgan fingerprint density at radius 2 is 1.96 bits per heavy atom. The summed E-state index contributed by atoms with van der Waals surface area (Å²) < 4.78 is 14.7. The smallest absolute Gasteiger partial charge is 0.256 e. The average Bonchev–Trinajstić information content (AvgIpc) is 2.58. The maximum Gasteiger partial charge on any atom is 0.256 e. The van der Waals surface area contributed by atoms with E-state index in [1.165, 1.54) is 30.1 Å². The lowest BCUT2D eigenvalue weighted by Gasteiger charge is -2.46. The molecule has 1 aromatic rings. The third-order valence-electron chi connectivity index (χ3n) is 6.09. The maximum atomic E-state index is 14.7. The van der Waals surface area contributed by atoms with Crippen LogP contribution in [0.3, 0.4) is 0 Å². The summed E-state index contributed by atoms with van der Waals surface area (Å²) in [6.45, 7) is 5.02. The predicted octanol–water partition coefficient (Wildman–Crippen LogP) is 1.71. The highest BCUT2D eigenvalue weighted by atomic mass is 19.1.